The van der Waals surface area contributed by atoms with E-state index in [4.69, 9.17) is 4.42 Å². The zero-order valence-corrected chi connectivity index (χ0v) is 17.8. The van der Waals surface area contributed by atoms with Crippen molar-refractivity contribution >= 4 is 23.4 Å². The number of furan rings is 1. The van der Waals surface area contributed by atoms with Crippen LogP contribution in [0.25, 0.3) is 0 Å². The van der Waals surface area contributed by atoms with Crippen molar-refractivity contribution in [1.29, 1.82) is 0 Å². The second-order valence-corrected chi connectivity index (χ2v) is 8.35. The van der Waals surface area contributed by atoms with Gasteiger partial charge in [0.25, 0.3) is 5.91 Å². The van der Waals surface area contributed by atoms with E-state index in [1.54, 1.807) is 23.4 Å². The summed E-state index contributed by atoms with van der Waals surface area (Å²) >= 11 is 0. The number of carbonyl (C=O) groups is 1. The standard InChI is InChI=1S/C23H22N8O2/c32-22(31-6-5-19-20(12-31)29-30-28-19)16-9-21(33-13-16)26-18-10-24-23(25-11-18)27-17-7-14-3-1-2-4-15(14)8-17/h1-4,9-11,13,17,26H,5-8,12H2,(H,24,25,27)(H,28,29,30). The van der Waals surface area contributed by atoms with Gasteiger partial charge in [-0.05, 0) is 24.0 Å². The Morgan fingerprint density at radius 3 is 2.73 bits per heavy atom. The number of hydrogen-bond acceptors (Lipinski definition) is 8. The first-order valence-corrected chi connectivity index (χ1v) is 10.9. The highest BCUT2D eigenvalue weighted by Crippen LogP contribution is 2.25. The molecule has 0 saturated heterocycles. The van der Waals surface area contributed by atoms with Gasteiger partial charge in [0.1, 0.15) is 12.0 Å². The van der Waals surface area contributed by atoms with Gasteiger partial charge in [-0.15, -0.1) is 5.10 Å². The monoisotopic (exact) mass is 442 g/mol. The highest BCUT2D eigenvalue weighted by atomic mass is 16.3. The zero-order chi connectivity index (χ0) is 22.2. The number of benzene rings is 1. The van der Waals surface area contributed by atoms with E-state index in [1.165, 1.54) is 17.4 Å². The number of aromatic nitrogens is 5. The maximum atomic E-state index is 12.8. The van der Waals surface area contributed by atoms with Crippen LogP contribution in [0.2, 0.25) is 0 Å². The molecule has 2 aliphatic rings. The molecule has 0 bridgehead atoms. The van der Waals surface area contributed by atoms with E-state index in [-0.39, 0.29) is 5.91 Å². The Morgan fingerprint density at radius 1 is 1.15 bits per heavy atom. The minimum absolute atomic E-state index is 0.103. The summed E-state index contributed by atoms with van der Waals surface area (Å²) in [4.78, 5) is 23.4. The van der Waals surface area contributed by atoms with Gasteiger partial charge in [0.2, 0.25) is 5.95 Å². The number of rotatable bonds is 5. The van der Waals surface area contributed by atoms with Crippen LogP contribution in [0.3, 0.4) is 0 Å². The minimum atomic E-state index is -0.103. The Labute approximate surface area is 189 Å². The van der Waals surface area contributed by atoms with Crippen molar-refractivity contribution in [3.05, 3.63) is 77.1 Å². The largest absolute Gasteiger partial charge is 0.448 e. The van der Waals surface area contributed by atoms with Crippen LogP contribution in [-0.2, 0) is 25.8 Å². The third-order valence-electron chi connectivity index (χ3n) is 6.11. The number of fused-ring (bicyclic) bond motifs is 2. The number of aromatic amines is 1. The van der Waals surface area contributed by atoms with Crippen LogP contribution in [0, 0.1) is 0 Å². The molecule has 4 aromatic rings. The smallest absolute Gasteiger partial charge is 0.257 e. The summed E-state index contributed by atoms with van der Waals surface area (Å²) in [5.74, 6) is 0.938. The van der Waals surface area contributed by atoms with Crippen molar-refractivity contribution in [1.82, 2.24) is 30.3 Å². The van der Waals surface area contributed by atoms with Crippen LogP contribution in [0.15, 0.2) is 53.4 Å². The van der Waals surface area contributed by atoms with Crippen molar-refractivity contribution in [3.63, 3.8) is 0 Å². The van der Waals surface area contributed by atoms with Gasteiger partial charge >= 0.3 is 0 Å². The molecule has 33 heavy (non-hydrogen) atoms. The molecule has 3 aromatic heterocycles. The Kier molecular flexibility index (Phi) is 4.75. The predicted molar refractivity (Wildman–Crippen MR) is 120 cm³/mol. The summed E-state index contributed by atoms with van der Waals surface area (Å²) in [6.45, 7) is 1.05. The Morgan fingerprint density at radius 2 is 1.94 bits per heavy atom. The van der Waals surface area contributed by atoms with Gasteiger partial charge in [0.15, 0.2) is 5.88 Å². The van der Waals surface area contributed by atoms with Crippen LogP contribution in [0.4, 0.5) is 17.5 Å². The molecule has 0 unspecified atom stereocenters. The molecular weight excluding hydrogens is 420 g/mol. The van der Waals surface area contributed by atoms with Gasteiger partial charge in [-0.3, -0.25) is 9.89 Å². The molecule has 1 aliphatic heterocycles. The van der Waals surface area contributed by atoms with Crippen molar-refractivity contribution in [2.24, 2.45) is 0 Å². The number of H-pyrrole nitrogens is 1. The third-order valence-corrected chi connectivity index (χ3v) is 6.11. The topological polar surface area (TPSA) is 125 Å². The molecule has 0 fully saturated rings. The van der Waals surface area contributed by atoms with Crippen LogP contribution >= 0.6 is 0 Å². The van der Waals surface area contributed by atoms with Gasteiger partial charge < -0.3 is 20.0 Å². The molecule has 4 heterocycles. The Balaban J connectivity index is 1.06. The summed E-state index contributed by atoms with van der Waals surface area (Å²) in [6.07, 6.45) is 7.49. The number of amides is 1. The Bertz CT molecular complexity index is 1270. The summed E-state index contributed by atoms with van der Waals surface area (Å²) < 4.78 is 5.54. The summed E-state index contributed by atoms with van der Waals surface area (Å²) in [7, 11) is 0. The number of nitrogens with zero attached hydrogens (tertiary/aromatic N) is 5. The van der Waals surface area contributed by atoms with Crippen LogP contribution in [-0.4, -0.2) is 48.8 Å². The number of hydrogen-bond donors (Lipinski definition) is 3. The first kappa shape index (κ1) is 19.5. The van der Waals surface area contributed by atoms with E-state index < -0.39 is 0 Å². The minimum Gasteiger partial charge on any atom is -0.448 e. The molecular formula is C23H22N8O2. The lowest BCUT2D eigenvalue weighted by molar-refractivity contribution is 0.0731. The summed E-state index contributed by atoms with van der Waals surface area (Å²) in [5, 5.41) is 17.2. The predicted octanol–water partition coefficient (Wildman–Crippen LogP) is 2.71. The lowest BCUT2D eigenvalue weighted by Gasteiger charge is -2.24. The van der Waals surface area contributed by atoms with Crippen LogP contribution in [0.5, 0.6) is 0 Å². The molecule has 1 aromatic carbocycles. The van der Waals surface area contributed by atoms with E-state index in [0.717, 1.165) is 24.2 Å². The fourth-order valence-corrected chi connectivity index (χ4v) is 4.43. The van der Waals surface area contributed by atoms with Crippen LogP contribution < -0.4 is 10.6 Å². The maximum Gasteiger partial charge on any atom is 0.257 e. The summed E-state index contributed by atoms with van der Waals surface area (Å²) in [5.41, 5.74) is 5.70. The van der Waals surface area contributed by atoms with Crippen molar-refractivity contribution in [3.8, 4) is 0 Å². The van der Waals surface area contributed by atoms with E-state index >= 15 is 0 Å². The lowest BCUT2D eigenvalue weighted by atomic mass is 10.1. The highest BCUT2D eigenvalue weighted by Gasteiger charge is 2.25. The first-order chi connectivity index (χ1) is 16.2. The molecule has 10 nitrogen and oxygen atoms in total. The van der Waals surface area contributed by atoms with Gasteiger partial charge in [0, 0.05) is 25.1 Å². The Hall–Kier alpha value is -4.21. The number of anilines is 3. The van der Waals surface area contributed by atoms with Gasteiger partial charge in [-0.1, -0.05) is 29.5 Å². The summed E-state index contributed by atoms with van der Waals surface area (Å²) in [6, 6.07) is 10.5. The average molecular weight is 442 g/mol. The molecule has 0 spiro atoms. The highest BCUT2D eigenvalue weighted by molar-refractivity contribution is 5.94. The normalized spacial score (nSPS) is 15.2. The van der Waals surface area contributed by atoms with Crippen molar-refractivity contribution in [2.75, 3.05) is 17.2 Å². The molecule has 166 valence electrons. The number of nitrogens with one attached hydrogen (secondary N) is 3. The van der Waals surface area contributed by atoms with Gasteiger partial charge in [-0.25, -0.2) is 9.97 Å². The first-order valence-electron chi connectivity index (χ1n) is 10.9. The van der Waals surface area contributed by atoms with Crippen molar-refractivity contribution < 1.29 is 9.21 Å². The van der Waals surface area contributed by atoms with E-state index in [9.17, 15) is 4.79 Å². The molecule has 0 radical (unpaired) electrons. The SMILES string of the molecule is O=C(c1coc(Nc2cnc(NC3Cc4ccccc4C3)nc2)c1)N1CCc2[nH]nnc2C1. The molecule has 0 saturated carbocycles. The molecule has 10 heteroatoms. The van der Waals surface area contributed by atoms with Gasteiger partial charge in [0.05, 0.1) is 35.9 Å². The average Bonchev–Trinajstić information content (AvgIpc) is 3.58. The molecule has 1 aliphatic carbocycles. The fourth-order valence-electron chi connectivity index (χ4n) is 4.43. The number of carbonyl (C=O) groups excluding carboxylic acids is 1. The zero-order valence-electron chi connectivity index (χ0n) is 17.8. The second kappa shape index (κ2) is 8.05. The van der Waals surface area contributed by atoms with Gasteiger partial charge in [-0.2, -0.15) is 0 Å². The quantitative estimate of drug-likeness (QED) is 0.431. The van der Waals surface area contributed by atoms with E-state index in [0.29, 0.717) is 48.6 Å². The maximum absolute atomic E-state index is 12.8. The van der Waals surface area contributed by atoms with Crippen molar-refractivity contribution in [2.45, 2.75) is 31.8 Å². The van der Waals surface area contributed by atoms with E-state index in [1.807, 2.05) is 0 Å². The van der Waals surface area contributed by atoms with E-state index in [2.05, 4.69) is 60.3 Å². The second-order valence-electron chi connectivity index (χ2n) is 8.35. The molecule has 6 rings (SSSR count). The van der Waals surface area contributed by atoms with Crippen LogP contribution in [0.1, 0.15) is 32.9 Å². The fraction of sp³-hybridized carbons (Fsp3) is 0.261. The lowest BCUT2D eigenvalue weighted by Crippen LogP contribution is -2.35. The third kappa shape index (κ3) is 3.91. The molecule has 1 amide bonds. The molecule has 0 atom stereocenters. The molecule has 3 N–H and O–H groups in total.